The number of hydrogen-bond acceptors (Lipinski definition) is 3. The number of hydrogen-bond donors (Lipinski definition) is 1. The highest BCUT2D eigenvalue weighted by atomic mass is 15.3. The standard InChI is InChI=1S/C11H18N4/c1-8(2)5-6-15-11(12)10(9(3)4)13-7-14-15/h5-9,12H,1-4H3/b6-5-,12-11?. The van der Waals surface area contributed by atoms with Gasteiger partial charge in [-0.05, 0) is 11.8 Å². The Hall–Kier alpha value is -1.45. The Bertz CT molecular complexity index is 401. The molecule has 1 N–H and O–H groups in total. The van der Waals surface area contributed by atoms with Crippen molar-refractivity contribution >= 4 is 6.20 Å². The maximum atomic E-state index is 7.91. The number of allylic oxidation sites excluding steroid dienone is 1. The van der Waals surface area contributed by atoms with Crippen molar-refractivity contribution in [2.45, 2.75) is 33.6 Å². The molecule has 0 aliphatic carbocycles. The molecular weight excluding hydrogens is 188 g/mol. The van der Waals surface area contributed by atoms with E-state index in [0.29, 0.717) is 11.4 Å². The van der Waals surface area contributed by atoms with Crippen molar-refractivity contribution in [2.75, 3.05) is 0 Å². The molecule has 0 fully saturated rings. The number of nitrogens with one attached hydrogen (secondary N) is 1. The van der Waals surface area contributed by atoms with Crippen molar-refractivity contribution in [2.24, 2.45) is 5.92 Å². The van der Waals surface area contributed by atoms with Crippen molar-refractivity contribution < 1.29 is 0 Å². The first-order valence-electron chi connectivity index (χ1n) is 5.19. The largest absolute Gasteiger partial charge is 0.281 e. The van der Waals surface area contributed by atoms with E-state index in [1.807, 2.05) is 26.1 Å². The Morgan fingerprint density at radius 3 is 2.53 bits per heavy atom. The zero-order valence-electron chi connectivity index (χ0n) is 9.73. The molecule has 4 nitrogen and oxygen atoms in total. The summed E-state index contributed by atoms with van der Waals surface area (Å²) in [7, 11) is 0. The predicted octanol–water partition coefficient (Wildman–Crippen LogP) is 2.01. The molecule has 0 saturated heterocycles. The molecule has 0 atom stereocenters. The van der Waals surface area contributed by atoms with Gasteiger partial charge in [0.1, 0.15) is 6.33 Å². The van der Waals surface area contributed by atoms with Gasteiger partial charge in [0.05, 0.1) is 5.69 Å². The van der Waals surface area contributed by atoms with Crippen molar-refractivity contribution in [1.82, 2.24) is 14.8 Å². The highest BCUT2D eigenvalue weighted by molar-refractivity contribution is 5.20. The third-order valence-electron chi connectivity index (χ3n) is 2.00. The van der Waals surface area contributed by atoms with Gasteiger partial charge in [-0.25, -0.2) is 9.67 Å². The first-order valence-corrected chi connectivity index (χ1v) is 5.19. The fourth-order valence-electron chi connectivity index (χ4n) is 1.17. The summed E-state index contributed by atoms with van der Waals surface area (Å²) in [6.07, 6.45) is 5.33. The van der Waals surface area contributed by atoms with Crippen LogP contribution in [0.5, 0.6) is 0 Å². The molecule has 0 radical (unpaired) electrons. The Balaban J connectivity index is 3.11. The first kappa shape index (κ1) is 11.6. The molecule has 0 aliphatic rings. The molecule has 4 heteroatoms. The van der Waals surface area contributed by atoms with Gasteiger partial charge >= 0.3 is 0 Å². The second-order valence-corrected chi connectivity index (χ2v) is 4.18. The smallest absolute Gasteiger partial charge is 0.168 e. The van der Waals surface area contributed by atoms with Gasteiger partial charge in [0.15, 0.2) is 5.49 Å². The third kappa shape index (κ3) is 3.01. The van der Waals surface area contributed by atoms with Crippen LogP contribution in [0.2, 0.25) is 0 Å². The minimum absolute atomic E-state index is 0.249. The van der Waals surface area contributed by atoms with Crippen molar-refractivity contribution in [3.8, 4) is 0 Å². The number of nitrogens with zero attached hydrogens (tertiary/aromatic N) is 3. The minimum atomic E-state index is 0.249. The monoisotopic (exact) mass is 206 g/mol. The van der Waals surface area contributed by atoms with Crippen molar-refractivity contribution in [3.63, 3.8) is 0 Å². The Morgan fingerprint density at radius 2 is 2.00 bits per heavy atom. The van der Waals surface area contributed by atoms with Gasteiger partial charge in [-0.15, -0.1) is 0 Å². The summed E-state index contributed by atoms with van der Waals surface area (Å²) in [5.41, 5.74) is 1.14. The summed E-state index contributed by atoms with van der Waals surface area (Å²) in [4.78, 5) is 4.11. The predicted molar refractivity (Wildman–Crippen MR) is 60.1 cm³/mol. The molecule has 82 valence electrons. The Morgan fingerprint density at radius 1 is 1.33 bits per heavy atom. The van der Waals surface area contributed by atoms with E-state index in [1.54, 1.807) is 4.68 Å². The summed E-state index contributed by atoms with van der Waals surface area (Å²) < 4.78 is 1.56. The third-order valence-corrected chi connectivity index (χ3v) is 2.00. The minimum Gasteiger partial charge on any atom is -0.281 e. The van der Waals surface area contributed by atoms with Crippen LogP contribution >= 0.6 is 0 Å². The molecule has 0 saturated carbocycles. The van der Waals surface area contributed by atoms with E-state index in [-0.39, 0.29) is 5.92 Å². The van der Waals surface area contributed by atoms with E-state index in [9.17, 15) is 0 Å². The molecule has 0 unspecified atom stereocenters. The lowest BCUT2D eigenvalue weighted by molar-refractivity contribution is 0.694. The van der Waals surface area contributed by atoms with Gasteiger partial charge in [0, 0.05) is 6.20 Å². The lowest BCUT2D eigenvalue weighted by atomic mass is 10.1. The van der Waals surface area contributed by atoms with Crippen LogP contribution in [0.4, 0.5) is 0 Å². The van der Waals surface area contributed by atoms with E-state index in [1.165, 1.54) is 6.33 Å². The van der Waals surface area contributed by atoms with Gasteiger partial charge in [-0.1, -0.05) is 33.8 Å². The molecule has 0 aromatic carbocycles. The van der Waals surface area contributed by atoms with Crippen LogP contribution in [-0.4, -0.2) is 14.8 Å². The SMILES string of the molecule is CC(C)/C=C\n1ncnc(C(C)C)c1=N. The van der Waals surface area contributed by atoms with Crippen LogP contribution in [0.25, 0.3) is 6.20 Å². The summed E-state index contributed by atoms with van der Waals surface area (Å²) in [6, 6.07) is 0. The van der Waals surface area contributed by atoms with Crippen molar-refractivity contribution in [3.05, 3.63) is 23.6 Å². The summed E-state index contributed by atoms with van der Waals surface area (Å²) in [5, 5.41) is 11.9. The number of aromatic nitrogens is 3. The quantitative estimate of drug-likeness (QED) is 0.822. The lowest BCUT2D eigenvalue weighted by Crippen LogP contribution is -2.25. The molecule has 0 aliphatic heterocycles. The zero-order chi connectivity index (χ0) is 11.4. The Kier molecular flexibility index (Phi) is 3.77. The zero-order valence-corrected chi connectivity index (χ0v) is 9.73. The molecule has 0 spiro atoms. The molecule has 1 aromatic heterocycles. The molecular formula is C11H18N4. The van der Waals surface area contributed by atoms with E-state index >= 15 is 0 Å². The second-order valence-electron chi connectivity index (χ2n) is 4.18. The van der Waals surface area contributed by atoms with Crippen LogP contribution in [0.15, 0.2) is 12.4 Å². The van der Waals surface area contributed by atoms with Crippen LogP contribution in [0.1, 0.15) is 39.3 Å². The van der Waals surface area contributed by atoms with E-state index < -0.39 is 0 Å². The summed E-state index contributed by atoms with van der Waals surface area (Å²) in [6.45, 7) is 8.23. The average Bonchev–Trinajstić information content (AvgIpc) is 2.15. The molecule has 1 heterocycles. The van der Waals surface area contributed by atoms with Crippen LogP contribution in [-0.2, 0) is 0 Å². The Labute approximate surface area is 90.2 Å². The number of rotatable bonds is 3. The summed E-state index contributed by atoms with van der Waals surface area (Å²) >= 11 is 0. The maximum absolute atomic E-state index is 7.91. The van der Waals surface area contributed by atoms with Crippen LogP contribution in [0, 0.1) is 11.3 Å². The summed E-state index contributed by atoms with van der Waals surface area (Å²) in [5.74, 6) is 0.702. The lowest BCUT2D eigenvalue weighted by Gasteiger charge is -2.06. The molecule has 15 heavy (non-hydrogen) atoms. The maximum Gasteiger partial charge on any atom is 0.168 e. The van der Waals surface area contributed by atoms with Gasteiger partial charge in [-0.3, -0.25) is 5.41 Å². The van der Waals surface area contributed by atoms with Gasteiger partial charge in [0.25, 0.3) is 0 Å². The highest BCUT2D eigenvalue weighted by Gasteiger charge is 2.04. The molecule has 1 aromatic rings. The van der Waals surface area contributed by atoms with Gasteiger partial charge in [-0.2, -0.15) is 5.10 Å². The second kappa shape index (κ2) is 4.87. The first-order chi connectivity index (χ1) is 7.02. The average molecular weight is 206 g/mol. The van der Waals surface area contributed by atoms with Crippen LogP contribution < -0.4 is 5.49 Å². The van der Waals surface area contributed by atoms with Gasteiger partial charge < -0.3 is 0 Å². The van der Waals surface area contributed by atoms with Crippen molar-refractivity contribution in [1.29, 1.82) is 5.41 Å². The van der Waals surface area contributed by atoms with Crippen LogP contribution in [0.3, 0.4) is 0 Å². The molecule has 0 amide bonds. The topological polar surface area (TPSA) is 54.6 Å². The fraction of sp³-hybridized carbons (Fsp3) is 0.545. The highest BCUT2D eigenvalue weighted by Crippen LogP contribution is 2.04. The van der Waals surface area contributed by atoms with E-state index in [4.69, 9.17) is 5.41 Å². The molecule has 1 rings (SSSR count). The van der Waals surface area contributed by atoms with E-state index in [0.717, 1.165) is 5.69 Å². The normalized spacial score (nSPS) is 11.9. The van der Waals surface area contributed by atoms with E-state index in [2.05, 4.69) is 23.9 Å². The fourth-order valence-corrected chi connectivity index (χ4v) is 1.17. The van der Waals surface area contributed by atoms with Gasteiger partial charge in [0.2, 0.25) is 0 Å². The molecule has 0 bridgehead atoms.